The molecule has 4 bridgehead atoms. The fourth-order valence-corrected chi connectivity index (χ4v) is 6.53. The van der Waals surface area contributed by atoms with Crippen molar-refractivity contribution in [2.75, 3.05) is 0 Å². The van der Waals surface area contributed by atoms with Crippen LogP contribution in [0.1, 0.15) is 48.9 Å². The van der Waals surface area contributed by atoms with Crippen molar-refractivity contribution in [3.63, 3.8) is 0 Å². The zero-order valence-electron chi connectivity index (χ0n) is 15.9. The molecule has 29 heavy (non-hydrogen) atoms. The molecule has 0 atom stereocenters. The van der Waals surface area contributed by atoms with Crippen molar-refractivity contribution in [3.05, 3.63) is 24.2 Å². The number of aromatic hydroxyl groups is 1. The Morgan fingerprint density at radius 3 is 2.38 bits per heavy atom. The number of rotatable bonds is 4. The van der Waals surface area contributed by atoms with E-state index in [1.807, 2.05) is 4.68 Å². The van der Waals surface area contributed by atoms with Crippen LogP contribution >= 0.6 is 0 Å². The van der Waals surface area contributed by atoms with E-state index in [1.54, 1.807) is 6.20 Å². The number of carbonyl (C=O) groups is 1. The third-order valence-electron chi connectivity index (χ3n) is 7.14. The van der Waals surface area contributed by atoms with E-state index >= 15 is 0 Å². The van der Waals surface area contributed by atoms with Crippen molar-refractivity contribution >= 4 is 17.0 Å². The number of hydrogen-bond acceptors (Lipinski definition) is 6. The maximum atomic E-state index is 11.1. The minimum Gasteiger partial charge on any atom is -0.492 e. The smallest absolute Gasteiger partial charge is 0.338 e. The van der Waals surface area contributed by atoms with E-state index in [9.17, 15) is 9.90 Å². The quantitative estimate of drug-likeness (QED) is 0.698. The van der Waals surface area contributed by atoms with Crippen LogP contribution in [-0.4, -0.2) is 45.7 Å². The maximum Gasteiger partial charge on any atom is 0.338 e. The molecule has 3 heterocycles. The van der Waals surface area contributed by atoms with E-state index in [-0.39, 0.29) is 22.8 Å². The molecule has 2 N–H and O–H groups in total. The zero-order valence-corrected chi connectivity index (χ0v) is 15.9. The third kappa shape index (κ3) is 2.63. The van der Waals surface area contributed by atoms with Crippen molar-refractivity contribution in [3.8, 4) is 11.8 Å². The third-order valence-corrected chi connectivity index (χ3v) is 7.14. The number of carboxylic acid groups (broad SMARTS) is 1. The van der Waals surface area contributed by atoms with E-state index in [0.717, 1.165) is 24.3 Å². The Kier molecular flexibility index (Phi) is 3.37. The second-order valence-corrected chi connectivity index (χ2v) is 9.28. The molecule has 0 spiro atoms. The Hall–Kier alpha value is -2.97. The van der Waals surface area contributed by atoms with Crippen LogP contribution in [-0.2, 0) is 6.54 Å². The lowest BCUT2D eigenvalue weighted by molar-refractivity contribution is -0.0629. The summed E-state index contributed by atoms with van der Waals surface area (Å²) in [6, 6.07) is 0. The van der Waals surface area contributed by atoms with E-state index < -0.39 is 5.97 Å². The Morgan fingerprint density at radius 2 is 1.76 bits per heavy atom. The fraction of sp³-hybridized carbons (Fsp3) is 0.550. The molecule has 0 aromatic carbocycles. The number of nitrogens with zero attached hydrogens (tertiary/aromatic N) is 6. The van der Waals surface area contributed by atoms with E-state index in [4.69, 9.17) is 5.11 Å². The average molecular weight is 394 g/mol. The highest BCUT2D eigenvalue weighted by atomic mass is 16.4. The summed E-state index contributed by atoms with van der Waals surface area (Å²) in [5, 5.41) is 28.2. The van der Waals surface area contributed by atoms with Gasteiger partial charge in [-0.25, -0.2) is 14.5 Å². The summed E-state index contributed by atoms with van der Waals surface area (Å²) in [6.07, 6.45) is 12.1. The van der Waals surface area contributed by atoms with E-state index in [1.165, 1.54) is 55.6 Å². The summed E-state index contributed by atoms with van der Waals surface area (Å²) in [5.74, 6) is 1.44. The van der Waals surface area contributed by atoms with Gasteiger partial charge >= 0.3 is 5.97 Å². The van der Waals surface area contributed by atoms with Gasteiger partial charge in [-0.15, -0.1) is 0 Å². The van der Waals surface area contributed by atoms with Crippen molar-refractivity contribution in [2.45, 2.75) is 45.1 Å². The van der Waals surface area contributed by atoms with Gasteiger partial charge in [0.15, 0.2) is 0 Å². The minimum atomic E-state index is -1.08. The molecule has 0 aliphatic heterocycles. The molecular weight excluding hydrogens is 372 g/mol. The molecule has 4 saturated carbocycles. The molecule has 0 unspecified atom stereocenters. The molecule has 0 radical (unpaired) electrons. The lowest BCUT2D eigenvalue weighted by Crippen LogP contribution is -2.48. The molecule has 9 heteroatoms. The van der Waals surface area contributed by atoms with Crippen molar-refractivity contribution in [1.82, 2.24) is 29.5 Å². The molecule has 3 aromatic heterocycles. The Morgan fingerprint density at radius 1 is 1.07 bits per heavy atom. The van der Waals surface area contributed by atoms with Crippen molar-refractivity contribution in [2.24, 2.45) is 23.2 Å². The summed E-state index contributed by atoms with van der Waals surface area (Å²) in [4.78, 5) is 19.7. The average Bonchev–Trinajstić information content (AvgIpc) is 3.28. The van der Waals surface area contributed by atoms with E-state index in [2.05, 4.69) is 20.2 Å². The first kappa shape index (κ1) is 16.9. The summed E-state index contributed by atoms with van der Waals surface area (Å²) in [6.45, 7) is 0.793. The van der Waals surface area contributed by atoms with Gasteiger partial charge < -0.3 is 10.2 Å². The van der Waals surface area contributed by atoms with Gasteiger partial charge in [0.2, 0.25) is 5.88 Å². The molecule has 0 amide bonds. The van der Waals surface area contributed by atoms with Crippen LogP contribution in [0.25, 0.3) is 17.0 Å². The predicted octanol–water partition coefficient (Wildman–Crippen LogP) is 2.63. The van der Waals surface area contributed by atoms with Gasteiger partial charge in [-0.05, 0) is 61.7 Å². The van der Waals surface area contributed by atoms with Gasteiger partial charge in [0.05, 0.1) is 18.0 Å². The molecule has 4 fully saturated rings. The van der Waals surface area contributed by atoms with Crippen LogP contribution in [0.5, 0.6) is 5.88 Å². The highest BCUT2D eigenvalue weighted by Gasteiger charge is 2.51. The van der Waals surface area contributed by atoms with E-state index in [0.29, 0.717) is 11.0 Å². The van der Waals surface area contributed by atoms with Gasteiger partial charge in [-0.2, -0.15) is 15.2 Å². The molecule has 150 valence electrons. The summed E-state index contributed by atoms with van der Waals surface area (Å²) in [5.41, 5.74) is 1.38. The normalized spacial score (nSPS) is 30.3. The highest BCUT2D eigenvalue weighted by molar-refractivity contribution is 5.87. The number of aromatic nitrogens is 6. The van der Waals surface area contributed by atoms with Crippen LogP contribution in [0, 0.1) is 23.2 Å². The van der Waals surface area contributed by atoms with Crippen LogP contribution in [0.4, 0.5) is 0 Å². The van der Waals surface area contributed by atoms with Gasteiger partial charge in [0.1, 0.15) is 11.0 Å². The van der Waals surface area contributed by atoms with Crippen LogP contribution in [0.2, 0.25) is 0 Å². The summed E-state index contributed by atoms with van der Waals surface area (Å²) >= 11 is 0. The molecule has 9 nitrogen and oxygen atoms in total. The standard InChI is InChI=1S/C20H22N6O3/c27-17-16-15(23-19(24-17)25-9-14(7-21-25)18(28)29)8-22-26(16)10-20-4-11-1-12(5-20)3-13(2-11)6-20/h7-9,11-13H,1-6,10H2,(H,28,29)(H,23,24,27). The molecule has 7 rings (SSSR count). The number of aromatic carboxylic acids is 1. The van der Waals surface area contributed by atoms with Crippen LogP contribution < -0.4 is 0 Å². The largest absolute Gasteiger partial charge is 0.492 e. The first-order valence-electron chi connectivity index (χ1n) is 10.2. The Labute approximate surface area is 166 Å². The van der Waals surface area contributed by atoms with Crippen molar-refractivity contribution < 1.29 is 15.0 Å². The lowest BCUT2D eigenvalue weighted by Gasteiger charge is -2.56. The van der Waals surface area contributed by atoms with Crippen molar-refractivity contribution in [1.29, 1.82) is 0 Å². The van der Waals surface area contributed by atoms with Gasteiger partial charge in [0.25, 0.3) is 5.95 Å². The first-order valence-corrected chi connectivity index (χ1v) is 10.2. The minimum absolute atomic E-state index is 0.0331. The van der Waals surface area contributed by atoms with Crippen LogP contribution in [0.3, 0.4) is 0 Å². The maximum absolute atomic E-state index is 11.1. The highest BCUT2D eigenvalue weighted by Crippen LogP contribution is 2.60. The second kappa shape index (κ2) is 5.77. The number of hydrogen-bond donors (Lipinski definition) is 2. The molecule has 4 aliphatic rings. The molecule has 0 saturated heterocycles. The number of fused-ring (bicyclic) bond motifs is 1. The first-order chi connectivity index (χ1) is 14.0. The van der Waals surface area contributed by atoms with Gasteiger partial charge in [-0.1, -0.05) is 0 Å². The number of carboxylic acids is 1. The SMILES string of the molecule is O=C(O)c1cnn(-c2nc(O)c3c(cnn3CC34CC5CC(CC(C5)C3)C4)n2)c1. The monoisotopic (exact) mass is 394 g/mol. The van der Waals surface area contributed by atoms with Gasteiger partial charge in [-0.3, -0.25) is 4.68 Å². The lowest BCUT2D eigenvalue weighted by atomic mass is 9.49. The predicted molar refractivity (Wildman–Crippen MR) is 102 cm³/mol. The summed E-state index contributed by atoms with van der Waals surface area (Å²) in [7, 11) is 0. The molecule has 3 aromatic rings. The zero-order chi connectivity index (χ0) is 19.8. The second-order valence-electron chi connectivity index (χ2n) is 9.28. The molecule has 4 aliphatic carbocycles. The molecular formula is C20H22N6O3. The topological polar surface area (TPSA) is 119 Å². The van der Waals surface area contributed by atoms with Crippen LogP contribution in [0.15, 0.2) is 18.6 Å². The Balaban J connectivity index is 1.35. The fourth-order valence-electron chi connectivity index (χ4n) is 6.53. The Bertz CT molecular complexity index is 1100. The van der Waals surface area contributed by atoms with Gasteiger partial charge in [0, 0.05) is 12.7 Å². The summed E-state index contributed by atoms with van der Waals surface area (Å²) < 4.78 is 3.12.